The smallest absolute Gasteiger partial charge is 0.249 e. The van der Waals surface area contributed by atoms with E-state index in [9.17, 15) is 4.79 Å². The first-order valence-electron chi connectivity index (χ1n) is 8.85. The molecule has 0 bridgehead atoms. The largest absolute Gasteiger partial charge is 0.369 e. The molecule has 1 saturated heterocycles. The van der Waals surface area contributed by atoms with Crippen molar-refractivity contribution in [3.05, 3.63) is 16.0 Å². The van der Waals surface area contributed by atoms with Crippen molar-refractivity contribution in [2.24, 2.45) is 11.7 Å². The number of primary amides is 1. The van der Waals surface area contributed by atoms with Crippen molar-refractivity contribution < 1.29 is 4.79 Å². The summed E-state index contributed by atoms with van der Waals surface area (Å²) in [6.07, 6.45) is 3.69. The molecule has 0 spiro atoms. The number of hydrogen-bond donors (Lipinski definition) is 3. The summed E-state index contributed by atoms with van der Waals surface area (Å²) in [5, 5.41) is 16.3. The zero-order valence-electron chi connectivity index (χ0n) is 14.7. The first-order valence-corrected chi connectivity index (χ1v) is 10.7. The first-order chi connectivity index (χ1) is 12.5. The van der Waals surface area contributed by atoms with E-state index >= 15 is 0 Å². The molecule has 2 aliphatic heterocycles. The van der Waals surface area contributed by atoms with Gasteiger partial charge in [0.25, 0.3) is 0 Å². The highest BCUT2D eigenvalue weighted by Gasteiger charge is 2.43. The molecule has 26 heavy (non-hydrogen) atoms. The zero-order chi connectivity index (χ0) is 18.0. The number of rotatable bonds is 3. The van der Waals surface area contributed by atoms with Crippen LogP contribution in [0.1, 0.15) is 42.4 Å². The summed E-state index contributed by atoms with van der Waals surface area (Å²) >= 11 is 3.19. The Morgan fingerprint density at radius 1 is 1.42 bits per heavy atom. The minimum Gasteiger partial charge on any atom is -0.369 e. The molecule has 8 nitrogen and oxygen atoms in total. The van der Waals surface area contributed by atoms with Crippen LogP contribution in [0.5, 0.6) is 0 Å². The number of hydrazine groups is 1. The Kier molecular flexibility index (Phi) is 3.78. The second-order valence-electron chi connectivity index (χ2n) is 7.23. The molecular weight excluding hydrogens is 370 g/mol. The Hall–Kier alpha value is -1.62. The number of carbonyl (C=O) groups is 1. The van der Waals surface area contributed by atoms with Gasteiger partial charge in [-0.15, -0.1) is 21.5 Å². The van der Waals surface area contributed by atoms with Crippen LogP contribution in [0.4, 0.5) is 5.95 Å². The Labute approximate surface area is 159 Å². The summed E-state index contributed by atoms with van der Waals surface area (Å²) in [5.41, 5.74) is 11.6. The van der Waals surface area contributed by atoms with Crippen molar-refractivity contribution in [1.82, 2.24) is 25.5 Å². The standard InChI is InChI=1S/C16H21N7OS2/c1-7-3-4-10-9(5-7)12-13-18-8(2)21-23(13)15-19-20-16(25-6-11(17)24)22(15)14(12)26-10/h7-8,13,18,21H,3-6H2,1-2H3,(H2,17,24)/t7-,8?,13?/m1/s1. The van der Waals surface area contributed by atoms with E-state index in [0.717, 1.165) is 18.8 Å². The minimum atomic E-state index is -0.352. The number of nitrogens with one attached hydrogen (secondary N) is 2. The maximum atomic E-state index is 11.2. The summed E-state index contributed by atoms with van der Waals surface area (Å²) < 4.78 is 2.08. The van der Waals surface area contributed by atoms with Crippen LogP contribution in [0.2, 0.25) is 0 Å². The lowest BCUT2D eigenvalue weighted by Gasteiger charge is -2.31. The van der Waals surface area contributed by atoms with Crippen LogP contribution in [0.3, 0.4) is 0 Å². The van der Waals surface area contributed by atoms with Crippen LogP contribution in [-0.2, 0) is 17.6 Å². The van der Waals surface area contributed by atoms with Crippen LogP contribution < -0.4 is 21.5 Å². The number of nitrogens with two attached hydrogens (primary N) is 1. The van der Waals surface area contributed by atoms with Crippen LogP contribution >= 0.6 is 23.1 Å². The van der Waals surface area contributed by atoms with Crippen LogP contribution in [-0.4, -0.2) is 32.6 Å². The summed E-state index contributed by atoms with van der Waals surface area (Å²) in [5.74, 6) is 1.31. The van der Waals surface area contributed by atoms with E-state index < -0.39 is 0 Å². The van der Waals surface area contributed by atoms with Crippen molar-refractivity contribution in [2.45, 2.75) is 50.6 Å². The SMILES string of the molecule is CC1NC2c3c(sc4c3C[C@H](C)CC4)-n3c(SCC(N)=O)nnc3N2N1. The number of carbonyl (C=O) groups excluding carboxylic acids is 1. The molecule has 0 saturated carbocycles. The number of fused-ring (bicyclic) bond motifs is 8. The van der Waals surface area contributed by atoms with Crippen LogP contribution in [0.15, 0.2) is 5.16 Å². The molecule has 2 aromatic heterocycles. The molecule has 4 heterocycles. The molecule has 0 radical (unpaired) electrons. The van der Waals surface area contributed by atoms with Gasteiger partial charge in [0.2, 0.25) is 11.9 Å². The number of thiophene rings is 1. The van der Waals surface area contributed by atoms with E-state index in [1.165, 1.54) is 39.2 Å². The van der Waals surface area contributed by atoms with E-state index in [0.29, 0.717) is 11.1 Å². The lowest BCUT2D eigenvalue weighted by Crippen LogP contribution is -2.40. The first kappa shape index (κ1) is 16.5. The second-order valence-corrected chi connectivity index (χ2v) is 9.26. The van der Waals surface area contributed by atoms with Gasteiger partial charge < -0.3 is 5.73 Å². The second kappa shape index (κ2) is 5.95. The van der Waals surface area contributed by atoms with E-state index in [2.05, 4.69) is 44.4 Å². The number of hydrogen-bond acceptors (Lipinski definition) is 8. The molecule has 2 aromatic rings. The van der Waals surface area contributed by atoms with E-state index in [1.807, 2.05) is 11.3 Å². The van der Waals surface area contributed by atoms with Gasteiger partial charge >= 0.3 is 0 Å². The molecule has 0 aromatic carbocycles. The van der Waals surface area contributed by atoms with E-state index in [4.69, 9.17) is 5.73 Å². The van der Waals surface area contributed by atoms with Gasteiger partial charge in [0.15, 0.2) is 5.16 Å². The van der Waals surface area contributed by atoms with Gasteiger partial charge in [0, 0.05) is 10.4 Å². The average molecular weight is 392 g/mol. The molecule has 10 heteroatoms. The fourth-order valence-corrected chi connectivity index (χ4v) is 6.16. The summed E-state index contributed by atoms with van der Waals surface area (Å²) in [7, 11) is 0. The van der Waals surface area contributed by atoms with Crippen LogP contribution in [0.25, 0.3) is 5.00 Å². The number of anilines is 1. The minimum absolute atomic E-state index is 0.0657. The van der Waals surface area contributed by atoms with E-state index in [-0.39, 0.29) is 24.0 Å². The average Bonchev–Trinajstić information content (AvgIpc) is 3.26. The Balaban J connectivity index is 1.67. The molecule has 2 unspecified atom stereocenters. The van der Waals surface area contributed by atoms with Gasteiger partial charge in [-0.3, -0.25) is 15.1 Å². The Morgan fingerprint density at radius 2 is 2.27 bits per heavy atom. The number of aryl methyl sites for hydroxylation is 1. The predicted molar refractivity (Wildman–Crippen MR) is 101 cm³/mol. The number of aromatic nitrogens is 3. The van der Waals surface area contributed by atoms with Crippen molar-refractivity contribution in [3.63, 3.8) is 0 Å². The Morgan fingerprint density at radius 3 is 3.08 bits per heavy atom. The topological polar surface area (TPSA) is 101 Å². The van der Waals surface area contributed by atoms with Gasteiger partial charge in [0.05, 0.1) is 11.9 Å². The van der Waals surface area contributed by atoms with Gasteiger partial charge in [-0.05, 0) is 37.7 Å². The fourth-order valence-electron chi connectivity index (χ4n) is 4.06. The quantitative estimate of drug-likeness (QED) is 0.678. The van der Waals surface area contributed by atoms with Crippen molar-refractivity contribution in [2.75, 3.05) is 10.8 Å². The van der Waals surface area contributed by atoms with Crippen molar-refractivity contribution >= 4 is 35.0 Å². The maximum absolute atomic E-state index is 11.2. The monoisotopic (exact) mass is 391 g/mol. The highest BCUT2D eigenvalue weighted by molar-refractivity contribution is 7.99. The summed E-state index contributed by atoms with van der Waals surface area (Å²) in [6.45, 7) is 4.43. The summed E-state index contributed by atoms with van der Waals surface area (Å²) in [6, 6.07) is 0. The molecule has 4 N–H and O–H groups in total. The molecule has 5 rings (SSSR count). The van der Waals surface area contributed by atoms with E-state index in [1.54, 1.807) is 0 Å². The van der Waals surface area contributed by atoms with Crippen LogP contribution in [0, 0.1) is 5.92 Å². The molecular formula is C16H21N7OS2. The molecule has 3 aliphatic rings. The number of thioether (sulfide) groups is 1. The third-order valence-corrected chi connectivity index (χ3v) is 7.42. The van der Waals surface area contributed by atoms with Gasteiger partial charge in [0.1, 0.15) is 11.2 Å². The predicted octanol–water partition coefficient (Wildman–Crippen LogP) is 1.30. The molecule has 1 fully saturated rings. The molecule has 1 amide bonds. The Bertz CT molecular complexity index is 892. The fraction of sp³-hybridized carbons (Fsp3) is 0.562. The van der Waals surface area contributed by atoms with Gasteiger partial charge in [-0.1, -0.05) is 18.7 Å². The van der Waals surface area contributed by atoms with Crippen molar-refractivity contribution in [3.8, 4) is 5.00 Å². The normalized spacial score (nSPS) is 26.2. The maximum Gasteiger partial charge on any atom is 0.249 e. The molecule has 1 aliphatic carbocycles. The lowest BCUT2D eigenvalue weighted by atomic mass is 9.87. The third-order valence-electron chi connectivity index (χ3n) is 5.18. The third kappa shape index (κ3) is 2.39. The summed E-state index contributed by atoms with van der Waals surface area (Å²) in [4.78, 5) is 12.7. The molecule has 3 atom stereocenters. The zero-order valence-corrected chi connectivity index (χ0v) is 16.3. The van der Waals surface area contributed by atoms with Gasteiger partial charge in [-0.25, -0.2) is 9.99 Å². The lowest BCUT2D eigenvalue weighted by molar-refractivity contribution is -0.115. The highest BCUT2D eigenvalue weighted by atomic mass is 32.2. The van der Waals surface area contributed by atoms with Crippen molar-refractivity contribution in [1.29, 1.82) is 0 Å². The number of nitrogens with zero attached hydrogens (tertiary/aromatic N) is 4. The highest BCUT2D eigenvalue weighted by Crippen LogP contribution is 2.48. The van der Waals surface area contributed by atoms with Gasteiger partial charge in [-0.2, -0.15) is 0 Å². The number of amides is 1. The molecule has 138 valence electrons.